The second-order valence-corrected chi connectivity index (χ2v) is 6.00. The average molecular weight is 260 g/mol. The lowest BCUT2D eigenvalue weighted by Crippen LogP contribution is -2.20. The molecule has 0 saturated carbocycles. The van der Waals surface area contributed by atoms with E-state index in [4.69, 9.17) is 5.73 Å². The number of rotatable bonds is 5. The monoisotopic (exact) mass is 260 g/mol. The van der Waals surface area contributed by atoms with E-state index in [1.54, 1.807) is 0 Å². The van der Waals surface area contributed by atoms with Crippen LogP contribution in [0.5, 0.6) is 0 Å². The van der Waals surface area contributed by atoms with Crippen molar-refractivity contribution in [2.75, 3.05) is 30.5 Å². The zero-order valence-electron chi connectivity index (χ0n) is 10.8. The molecule has 1 aromatic rings. The van der Waals surface area contributed by atoms with Gasteiger partial charge in [0.15, 0.2) is 20.6 Å². The standard InChI is InChI=1S/C10H20N4O2S/c1-5-7-13(3)10-8(17(4,15)16)9(11)14(6-2)12-10/h5-7,11H2,1-4H3. The number of anilines is 2. The molecule has 0 radical (unpaired) electrons. The second kappa shape index (κ2) is 4.95. The Morgan fingerprint density at radius 3 is 2.41 bits per heavy atom. The quantitative estimate of drug-likeness (QED) is 0.844. The molecule has 98 valence electrons. The summed E-state index contributed by atoms with van der Waals surface area (Å²) in [5.41, 5.74) is 5.83. The minimum atomic E-state index is -3.37. The minimum absolute atomic E-state index is 0.135. The fraction of sp³-hybridized carbons (Fsp3) is 0.700. The molecule has 7 heteroatoms. The first-order valence-corrected chi connectivity index (χ1v) is 7.49. The number of hydrogen-bond acceptors (Lipinski definition) is 5. The van der Waals surface area contributed by atoms with Gasteiger partial charge in [0, 0.05) is 26.4 Å². The first kappa shape index (κ1) is 13.8. The average Bonchev–Trinajstić information content (AvgIpc) is 2.55. The van der Waals surface area contributed by atoms with E-state index in [-0.39, 0.29) is 10.7 Å². The lowest BCUT2D eigenvalue weighted by molar-refractivity contribution is 0.601. The van der Waals surface area contributed by atoms with E-state index in [2.05, 4.69) is 5.10 Å². The molecule has 0 atom stereocenters. The van der Waals surface area contributed by atoms with Crippen molar-refractivity contribution >= 4 is 21.5 Å². The SMILES string of the molecule is CCCN(C)c1nn(CC)c(N)c1S(C)(=O)=O. The number of nitrogens with two attached hydrogens (primary N) is 1. The van der Waals surface area contributed by atoms with Crippen molar-refractivity contribution in [3.05, 3.63) is 0 Å². The Morgan fingerprint density at radius 2 is 2.00 bits per heavy atom. The van der Waals surface area contributed by atoms with Crippen molar-refractivity contribution in [2.45, 2.75) is 31.7 Å². The Balaban J connectivity index is 3.39. The molecule has 0 spiro atoms. The topological polar surface area (TPSA) is 81.2 Å². The van der Waals surface area contributed by atoms with Crippen LogP contribution in [0.2, 0.25) is 0 Å². The van der Waals surface area contributed by atoms with Gasteiger partial charge in [-0.15, -0.1) is 0 Å². The van der Waals surface area contributed by atoms with Crippen molar-refractivity contribution in [1.29, 1.82) is 0 Å². The maximum Gasteiger partial charge on any atom is 0.182 e. The number of aromatic nitrogens is 2. The lowest BCUT2D eigenvalue weighted by Gasteiger charge is -2.16. The first-order valence-electron chi connectivity index (χ1n) is 5.60. The van der Waals surface area contributed by atoms with Crippen LogP contribution < -0.4 is 10.6 Å². The smallest absolute Gasteiger partial charge is 0.182 e. The van der Waals surface area contributed by atoms with Gasteiger partial charge < -0.3 is 10.6 Å². The highest BCUT2D eigenvalue weighted by molar-refractivity contribution is 7.91. The molecule has 0 aliphatic rings. The number of hydrogen-bond donors (Lipinski definition) is 1. The van der Waals surface area contributed by atoms with Gasteiger partial charge in [-0.1, -0.05) is 6.92 Å². The van der Waals surface area contributed by atoms with Crippen molar-refractivity contribution in [3.8, 4) is 0 Å². The molecule has 17 heavy (non-hydrogen) atoms. The van der Waals surface area contributed by atoms with Crippen LogP contribution in [-0.4, -0.2) is 38.0 Å². The molecule has 1 heterocycles. The van der Waals surface area contributed by atoms with E-state index in [0.29, 0.717) is 12.4 Å². The number of nitrogens with zero attached hydrogens (tertiary/aromatic N) is 3. The molecule has 0 unspecified atom stereocenters. The molecule has 0 aliphatic carbocycles. The van der Waals surface area contributed by atoms with Gasteiger partial charge in [0.25, 0.3) is 0 Å². The Hall–Kier alpha value is -1.24. The summed E-state index contributed by atoms with van der Waals surface area (Å²) in [6, 6.07) is 0. The van der Waals surface area contributed by atoms with Gasteiger partial charge in [-0.05, 0) is 13.3 Å². The van der Waals surface area contributed by atoms with Crippen LogP contribution in [0.3, 0.4) is 0 Å². The van der Waals surface area contributed by atoms with Gasteiger partial charge in [0.05, 0.1) is 0 Å². The first-order chi connectivity index (χ1) is 7.82. The third kappa shape index (κ3) is 2.71. The van der Waals surface area contributed by atoms with Crippen molar-refractivity contribution in [3.63, 3.8) is 0 Å². The normalized spacial score (nSPS) is 11.8. The van der Waals surface area contributed by atoms with Crippen molar-refractivity contribution < 1.29 is 8.42 Å². The predicted molar refractivity (Wildman–Crippen MR) is 69.0 cm³/mol. The Labute approximate surface area is 102 Å². The van der Waals surface area contributed by atoms with Crippen LogP contribution in [0.1, 0.15) is 20.3 Å². The van der Waals surface area contributed by atoms with Gasteiger partial charge in [0.2, 0.25) is 0 Å². The van der Waals surface area contributed by atoms with Crippen LogP contribution >= 0.6 is 0 Å². The molecule has 6 nitrogen and oxygen atoms in total. The van der Waals surface area contributed by atoms with E-state index >= 15 is 0 Å². The molecule has 0 aromatic carbocycles. The molecule has 1 aromatic heterocycles. The molecular formula is C10H20N4O2S. The maximum absolute atomic E-state index is 11.8. The van der Waals surface area contributed by atoms with Gasteiger partial charge in [-0.3, -0.25) is 0 Å². The van der Waals surface area contributed by atoms with Crippen molar-refractivity contribution in [2.24, 2.45) is 0 Å². The van der Waals surface area contributed by atoms with Crippen LogP contribution in [0.15, 0.2) is 4.90 Å². The second-order valence-electron chi connectivity index (χ2n) is 4.05. The molecule has 1 rings (SSSR count). The highest BCUT2D eigenvalue weighted by Crippen LogP contribution is 2.29. The fourth-order valence-electron chi connectivity index (χ4n) is 1.73. The summed E-state index contributed by atoms with van der Waals surface area (Å²) >= 11 is 0. The zero-order valence-corrected chi connectivity index (χ0v) is 11.6. The third-order valence-electron chi connectivity index (χ3n) is 2.52. The Kier molecular flexibility index (Phi) is 4.03. The summed E-state index contributed by atoms with van der Waals surface area (Å²) in [6.45, 7) is 5.19. The fourth-order valence-corrected chi connectivity index (χ4v) is 2.75. The summed E-state index contributed by atoms with van der Waals surface area (Å²) in [5, 5.41) is 4.25. The summed E-state index contributed by atoms with van der Waals surface area (Å²) < 4.78 is 25.0. The molecule has 0 saturated heterocycles. The van der Waals surface area contributed by atoms with E-state index in [0.717, 1.165) is 19.2 Å². The van der Waals surface area contributed by atoms with Gasteiger partial charge >= 0.3 is 0 Å². The summed E-state index contributed by atoms with van der Waals surface area (Å²) in [4.78, 5) is 1.95. The summed E-state index contributed by atoms with van der Waals surface area (Å²) in [5.74, 6) is 0.654. The summed E-state index contributed by atoms with van der Waals surface area (Å²) in [6.07, 6.45) is 2.07. The van der Waals surface area contributed by atoms with Crippen LogP contribution in [0.25, 0.3) is 0 Å². The van der Waals surface area contributed by atoms with E-state index in [1.165, 1.54) is 4.68 Å². The highest BCUT2D eigenvalue weighted by Gasteiger charge is 2.25. The van der Waals surface area contributed by atoms with Crippen molar-refractivity contribution in [1.82, 2.24) is 9.78 Å². The number of aryl methyl sites for hydroxylation is 1. The lowest BCUT2D eigenvalue weighted by atomic mass is 10.4. The molecule has 0 amide bonds. The highest BCUT2D eigenvalue weighted by atomic mass is 32.2. The molecule has 2 N–H and O–H groups in total. The molecule has 0 bridgehead atoms. The molecule has 0 fully saturated rings. The van der Waals surface area contributed by atoms with Gasteiger partial charge in [0.1, 0.15) is 5.82 Å². The number of nitrogen functional groups attached to an aromatic ring is 1. The van der Waals surface area contributed by atoms with Crippen LogP contribution in [-0.2, 0) is 16.4 Å². The van der Waals surface area contributed by atoms with Gasteiger partial charge in [-0.25, -0.2) is 13.1 Å². The van der Waals surface area contributed by atoms with E-state index in [1.807, 2.05) is 25.8 Å². The Morgan fingerprint density at radius 1 is 1.41 bits per heavy atom. The predicted octanol–water partition coefficient (Wildman–Crippen LogP) is 0.735. The van der Waals surface area contributed by atoms with E-state index < -0.39 is 9.84 Å². The maximum atomic E-state index is 11.8. The van der Waals surface area contributed by atoms with E-state index in [9.17, 15) is 8.42 Å². The zero-order chi connectivity index (χ0) is 13.2. The van der Waals surface area contributed by atoms with Crippen LogP contribution in [0.4, 0.5) is 11.6 Å². The molecular weight excluding hydrogens is 240 g/mol. The third-order valence-corrected chi connectivity index (χ3v) is 3.65. The summed E-state index contributed by atoms with van der Waals surface area (Å²) in [7, 11) is -1.55. The van der Waals surface area contributed by atoms with Gasteiger partial charge in [-0.2, -0.15) is 5.10 Å². The van der Waals surface area contributed by atoms with Crippen LogP contribution in [0, 0.1) is 0 Å². The molecule has 0 aliphatic heterocycles. The Bertz CT molecular complexity index is 493. The largest absolute Gasteiger partial charge is 0.383 e. The number of sulfone groups is 1. The minimum Gasteiger partial charge on any atom is -0.383 e.